The smallest absolute Gasteiger partial charge is 0.141 e. The minimum Gasteiger partial charge on any atom is -0.490 e. The summed E-state index contributed by atoms with van der Waals surface area (Å²) in [6.07, 6.45) is 3.05. The number of rotatable bonds is 3. The predicted molar refractivity (Wildman–Crippen MR) is 63.7 cm³/mol. The van der Waals surface area contributed by atoms with E-state index in [1.54, 1.807) is 6.20 Å². The number of hydrogen-bond acceptors (Lipinski definition) is 3. The van der Waals surface area contributed by atoms with Gasteiger partial charge in [-0.2, -0.15) is 0 Å². The lowest BCUT2D eigenvalue weighted by atomic mass is 9.95. The van der Waals surface area contributed by atoms with Crippen LogP contribution in [0.4, 0.5) is 0 Å². The maximum Gasteiger partial charge on any atom is 0.141 e. The van der Waals surface area contributed by atoms with Crippen LogP contribution >= 0.6 is 0 Å². The molecule has 1 aliphatic rings. The number of aromatic nitrogens is 1. The van der Waals surface area contributed by atoms with Crippen molar-refractivity contribution in [2.75, 3.05) is 20.2 Å². The summed E-state index contributed by atoms with van der Waals surface area (Å²) in [6, 6.07) is 2.65. The number of hydrogen-bond donors (Lipinski definition) is 0. The highest BCUT2D eigenvalue weighted by Gasteiger charge is 2.24. The van der Waals surface area contributed by atoms with E-state index >= 15 is 0 Å². The number of likely N-dealkylation sites (N-methyl/N-ethyl adjacent to an activating group) is 1. The highest BCUT2D eigenvalue weighted by molar-refractivity contribution is 6.33. The quantitative estimate of drug-likeness (QED) is 0.634. The Morgan fingerprint density at radius 2 is 2.47 bits per heavy atom. The number of likely N-dealkylation sites (tertiary alicyclic amines) is 1. The number of pyridine rings is 1. The molecule has 0 N–H and O–H groups in total. The van der Waals surface area contributed by atoms with Gasteiger partial charge in [0.25, 0.3) is 0 Å². The third-order valence-corrected chi connectivity index (χ3v) is 3.20. The topological polar surface area (TPSA) is 25.4 Å². The summed E-state index contributed by atoms with van der Waals surface area (Å²) in [5, 5.41) is 0. The summed E-state index contributed by atoms with van der Waals surface area (Å²) < 4.78 is 5.71. The van der Waals surface area contributed by atoms with E-state index in [0.717, 1.165) is 18.1 Å². The summed E-state index contributed by atoms with van der Waals surface area (Å²) in [5.74, 6) is 0.887. The summed E-state index contributed by atoms with van der Waals surface area (Å²) >= 11 is 0. The molecule has 0 radical (unpaired) electrons. The first-order valence-corrected chi connectivity index (χ1v) is 5.43. The SMILES string of the molecule is Bc1cc(OC[C@@H]2CCN2C)cnc1C. The van der Waals surface area contributed by atoms with Gasteiger partial charge in [0.1, 0.15) is 20.2 Å². The van der Waals surface area contributed by atoms with E-state index in [9.17, 15) is 0 Å². The average molecular weight is 204 g/mol. The molecule has 1 saturated heterocycles. The van der Waals surface area contributed by atoms with E-state index in [2.05, 4.69) is 30.8 Å². The largest absolute Gasteiger partial charge is 0.490 e. The highest BCUT2D eigenvalue weighted by Crippen LogP contribution is 2.16. The molecule has 2 heterocycles. The van der Waals surface area contributed by atoms with Crippen LogP contribution in [0, 0.1) is 6.92 Å². The summed E-state index contributed by atoms with van der Waals surface area (Å²) in [6.45, 7) is 3.98. The van der Waals surface area contributed by atoms with E-state index < -0.39 is 0 Å². The Bertz CT molecular complexity index is 356. The van der Waals surface area contributed by atoms with Crippen molar-refractivity contribution < 1.29 is 4.74 Å². The molecule has 15 heavy (non-hydrogen) atoms. The van der Waals surface area contributed by atoms with E-state index in [1.165, 1.54) is 18.4 Å². The molecule has 0 spiro atoms. The lowest BCUT2D eigenvalue weighted by Crippen LogP contribution is -2.48. The van der Waals surface area contributed by atoms with Crippen LogP contribution in [-0.4, -0.2) is 44.0 Å². The molecule has 0 amide bonds. The molecule has 1 aromatic rings. The summed E-state index contributed by atoms with van der Waals surface area (Å²) in [5.41, 5.74) is 2.26. The first-order valence-electron chi connectivity index (χ1n) is 5.43. The van der Waals surface area contributed by atoms with Crippen molar-refractivity contribution >= 4 is 13.3 Å². The van der Waals surface area contributed by atoms with Gasteiger partial charge in [-0.15, -0.1) is 0 Å². The normalized spacial score (nSPS) is 21.1. The minimum absolute atomic E-state index is 0.589. The Hall–Kier alpha value is -1.03. The molecule has 3 nitrogen and oxygen atoms in total. The lowest BCUT2D eigenvalue weighted by molar-refractivity contribution is 0.0768. The Labute approximate surface area is 91.9 Å². The van der Waals surface area contributed by atoms with Crippen LogP contribution in [0.25, 0.3) is 0 Å². The fraction of sp³-hybridized carbons (Fsp3) is 0.545. The maximum atomic E-state index is 5.71. The molecule has 1 aromatic heterocycles. The van der Waals surface area contributed by atoms with Gasteiger partial charge >= 0.3 is 0 Å². The van der Waals surface area contributed by atoms with Gasteiger partial charge in [0.05, 0.1) is 6.20 Å². The maximum absolute atomic E-state index is 5.71. The van der Waals surface area contributed by atoms with Gasteiger partial charge in [-0.05, 0) is 33.0 Å². The van der Waals surface area contributed by atoms with Crippen LogP contribution in [-0.2, 0) is 0 Å². The first kappa shape index (κ1) is 10.5. The first-order chi connectivity index (χ1) is 7.16. The van der Waals surface area contributed by atoms with Crippen LogP contribution in [0.1, 0.15) is 12.1 Å². The van der Waals surface area contributed by atoms with Crippen molar-refractivity contribution in [3.05, 3.63) is 18.0 Å². The standard InChI is InChI=1S/C11H17BN2O/c1-8-11(12)5-10(6-13-8)15-7-9-3-4-14(9)2/h5-6,9H,3-4,7,12H2,1-2H3/t9-/m0/s1. The van der Waals surface area contributed by atoms with Crippen LogP contribution in [0.5, 0.6) is 5.75 Å². The Kier molecular flexibility index (Phi) is 2.96. The zero-order chi connectivity index (χ0) is 10.8. The second kappa shape index (κ2) is 4.23. The van der Waals surface area contributed by atoms with Gasteiger partial charge in [-0.3, -0.25) is 9.88 Å². The van der Waals surface area contributed by atoms with E-state index in [0.29, 0.717) is 6.04 Å². The van der Waals surface area contributed by atoms with Crippen molar-refractivity contribution in [3.8, 4) is 5.75 Å². The van der Waals surface area contributed by atoms with Crippen LogP contribution in [0.3, 0.4) is 0 Å². The van der Waals surface area contributed by atoms with Crippen molar-refractivity contribution in [2.24, 2.45) is 0 Å². The number of aryl methyl sites for hydroxylation is 1. The molecular weight excluding hydrogens is 187 g/mol. The molecule has 0 saturated carbocycles. The molecule has 80 valence electrons. The van der Waals surface area contributed by atoms with Gasteiger partial charge in [0, 0.05) is 11.7 Å². The predicted octanol–water partition coefficient (Wildman–Crippen LogP) is -0.269. The van der Waals surface area contributed by atoms with Gasteiger partial charge in [-0.25, -0.2) is 0 Å². The number of ether oxygens (including phenoxy) is 1. The van der Waals surface area contributed by atoms with E-state index in [1.807, 2.05) is 6.92 Å². The third kappa shape index (κ3) is 2.32. The highest BCUT2D eigenvalue weighted by atomic mass is 16.5. The second-order valence-corrected chi connectivity index (χ2v) is 4.31. The molecular formula is C11H17BN2O. The molecule has 0 aliphatic carbocycles. The van der Waals surface area contributed by atoms with E-state index in [4.69, 9.17) is 4.74 Å². The average Bonchev–Trinajstić information content (AvgIpc) is 2.21. The second-order valence-electron chi connectivity index (χ2n) is 4.31. The molecule has 0 aromatic carbocycles. The van der Waals surface area contributed by atoms with Crippen molar-refractivity contribution in [2.45, 2.75) is 19.4 Å². The molecule has 0 bridgehead atoms. The van der Waals surface area contributed by atoms with Crippen molar-refractivity contribution in [1.82, 2.24) is 9.88 Å². The van der Waals surface area contributed by atoms with Gasteiger partial charge in [-0.1, -0.05) is 5.46 Å². The monoisotopic (exact) mass is 204 g/mol. The number of nitrogens with zero attached hydrogens (tertiary/aromatic N) is 2. The Balaban J connectivity index is 1.90. The summed E-state index contributed by atoms with van der Waals surface area (Å²) in [4.78, 5) is 6.59. The zero-order valence-electron chi connectivity index (χ0n) is 9.66. The van der Waals surface area contributed by atoms with E-state index in [-0.39, 0.29) is 0 Å². The van der Waals surface area contributed by atoms with Crippen molar-refractivity contribution in [3.63, 3.8) is 0 Å². The molecule has 2 rings (SSSR count). The van der Waals surface area contributed by atoms with Gasteiger partial charge < -0.3 is 4.74 Å². The molecule has 1 aliphatic heterocycles. The van der Waals surface area contributed by atoms with Gasteiger partial charge in [0.2, 0.25) is 0 Å². The third-order valence-electron chi connectivity index (χ3n) is 3.20. The van der Waals surface area contributed by atoms with Crippen LogP contribution in [0.2, 0.25) is 0 Å². The molecule has 4 heteroatoms. The minimum atomic E-state index is 0.589. The van der Waals surface area contributed by atoms with Crippen LogP contribution in [0.15, 0.2) is 12.3 Å². The van der Waals surface area contributed by atoms with Gasteiger partial charge in [0.15, 0.2) is 0 Å². The molecule has 1 atom stereocenters. The fourth-order valence-electron chi connectivity index (χ4n) is 1.67. The molecule has 1 fully saturated rings. The Morgan fingerprint density at radius 3 is 3.00 bits per heavy atom. The zero-order valence-corrected chi connectivity index (χ0v) is 9.66. The van der Waals surface area contributed by atoms with Crippen LogP contribution < -0.4 is 10.2 Å². The lowest BCUT2D eigenvalue weighted by Gasteiger charge is -2.37. The summed E-state index contributed by atoms with van der Waals surface area (Å²) in [7, 11) is 4.20. The Morgan fingerprint density at radius 1 is 1.67 bits per heavy atom. The molecule has 0 unspecified atom stereocenters. The fourth-order valence-corrected chi connectivity index (χ4v) is 1.67. The van der Waals surface area contributed by atoms with Crippen molar-refractivity contribution in [1.29, 1.82) is 0 Å².